The highest BCUT2D eigenvalue weighted by molar-refractivity contribution is 7.91. The highest BCUT2D eigenvalue weighted by Crippen LogP contribution is 2.41. The highest BCUT2D eigenvalue weighted by atomic mass is 32.2. The van der Waals surface area contributed by atoms with Gasteiger partial charge in [0.05, 0.1) is 16.2 Å². The molecule has 15 heavy (non-hydrogen) atoms. The number of methoxy groups -OCH3 is 1. The molecule has 1 aromatic carbocycles. The average molecular weight is 226 g/mol. The van der Waals surface area contributed by atoms with Crippen molar-refractivity contribution in [1.29, 1.82) is 0 Å². The molecule has 0 N–H and O–H groups in total. The lowest BCUT2D eigenvalue weighted by Gasteiger charge is -2.13. The molecule has 1 aliphatic rings. The van der Waals surface area contributed by atoms with Crippen LogP contribution >= 0.6 is 0 Å². The summed E-state index contributed by atoms with van der Waals surface area (Å²) in [7, 11) is -1.62. The van der Waals surface area contributed by atoms with E-state index in [1.165, 1.54) is 0 Å². The zero-order valence-electron chi connectivity index (χ0n) is 8.64. The Labute approximate surface area is 90.0 Å². The molecule has 0 radical (unpaired) electrons. The first kappa shape index (κ1) is 10.6. The van der Waals surface area contributed by atoms with Gasteiger partial charge in [-0.25, -0.2) is 8.42 Å². The van der Waals surface area contributed by atoms with Crippen molar-refractivity contribution in [1.82, 2.24) is 0 Å². The average Bonchev–Trinajstić information content (AvgIpc) is 2.99. The predicted molar refractivity (Wildman–Crippen MR) is 57.5 cm³/mol. The van der Waals surface area contributed by atoms with E-state index in [2.05, 4.69) is 0 Å². The Hall–Kier alpha value is -0.870. The topological polar surface area (TPSA) is 43.4 Å². The molecule has 1 saturated carbocycles. The molecule has 0 heterocycles. The molecule has 0 spiro atoms. The van der Waals surface area contributed by atoms with Crippen LogP contribution in [-0.2, 0) is 14.6 Å². The van der Waals surface area contributed by atoms with Crippen LogP contribution in [-0.4, -0.2) is 26.9 Å². The SMILES string of the molecule is COC1(CS(=O)(=O)c2ccccc2)CC1. The summed E-state index contributed by atoms with van der Waals surface area (Å²) in [5, 5.41) is 0. The lowest BCUT2D eigenvalue weighted by atomic mass is 10.4. The molecule has 1 aromatic rings. The maximum absolute atomic E-state index is 12.0. The Bertz CT molecular complexity index is 432. The van der Waals surface area contributed by atoms with Crippen LogP contribution in [0, 0.1) is 0 Å². The number of sulfone groups is 1. The zero-order chi connectivity index (χ0) is 10.9. The van der Waals surface area contributed by atoms with Gasteiger partial charge in [-0.3, -0.25) is 0 Å². The first-order valence-electron chi connectivity index (χ1n) is 4.91. The molecule has 0 atom stereocenters. The molecule has 0 amide bonds. The van der Waals surface area contributed by atoms with E-state index < -0.39 is 15.4 Å². The maximum Gasteiger partial charge on any atom is 0.181 e. The molecule has 0 saturated heterocycles. The number of hydrogen-bond acceptors (Lipinski definition) is 3. The smallest absolute Gasteiger partial charge is 0.181 e. The van der Waals surface area contributed by atoms with Crippen LogP contribution in [0.3, 0.4) is 0 Å². The fourth-order valence-corrected chi connectivity index (χ4v) is 3.44. The summed E-state index contributed by atoms with van der Waals surface area (Å²) in [5.74, 6) is 0.0977. The number of rotatable bonds is 4. The Morgan fingerprint density at radius 2 is 1.87 bits per heavy atom. The minimum atomic E-state index is -3.19. The second-order valence-electron chi connectivity index (χ2n) is 3.96. The molecule has 1 aliphatic carbocycles. The van der Waals surface area contributed by atoms with Crippen molar-refractivity contribution in [3.8, 4) is 0 Å². The predicted octanol–water partition coefficient (Wildman–Crippen LogP) is 1.64. The van der Waals surface area contributed by atoms with Crippen LogP contribution in [0.2, 0.25) is 0 Å². The molecule has 0 unspecified atom stereocenters. The van der Waals surface area contributed by atoms with Gasteiger partial charge in [0, 0.05) is 7.11 Å². The molecule has 2 rings (SSSR count). The van der Waals surface area contributed by atoms with E-state index >= 15 is 0 Å². The van der Waals surface area contributed by atoms with Crippen molar-refractivity contribution < 1.29 is 13.2 Å². The monoisotopic (exact) mass is 226 g/mol. The van der Waals surface area contributed by atoms with Crippen LogP contribution in [0.15, 0.2) is 35.2 Å². The Morgan fingerprint density at radius 1 is 1.27 bits per heavy atom. The first-order chi connectivity index (χ1) is 7.08. The van der Waals surface area contributed by atoms with E-state index in [0.717, 1.165) is 12.8 Å². The largest absolute Gasteiger partial charge is 0.377 e. The molecule has 3 nitrogen and oxygen atoms in total. The van der Waals surface area contributed by atoms with Crippen molar-refractivity contribution in [2.24, 2.45) is 0 Å². The minimum absolute atomic E-state index is 0.0977. The van der Waals surface area contributed by atoms with Crippen molar-refractivity contribution in [3.63, 3.8) is 0 Å². The van der Waals surface area contributed by atoms with E-state index in [1.807, 2.05) is 6.07 Å². The van der Waals surface area contributed by atoms with Crippen LogP contribution in [0.25, 0.3) is 0 Å². The standard InChI is InChI=1S/C11H14O3S/c1-14-11(7-8-11)9-15(12,13)10-5-3-2-4-6-10/h2-6H,7-9H2,1H3. The van der Waals surface area contributed by atoms with E-state index in [0.29, 0.717) is 4.90 Å². The van der Waals surface area contributed by atoms with Crippen molar-refractivity contribution in [2.75, 3.05) is 12.9 Å². The van der Waals surface area contributed by atoms with E-state index in [9.17, 15) is 8.42 Å². The molecular weight excluding hydrogens is 212 g/mol. The summed E-state index contributed by atoms with van der Waals surface area (Å²) in [6.07, 6.45) is 1.69. The summed E-state index contributed by atoms with van der Waals surface area (Å²) >= 11 is 0. The van der Waals surface area contributed by atoms with Crippen LogP contribution < -0.4 is 0 Å². The summed E-state index contributed by atoms with van der Waals surface area (Å²) in [4.78, 5) is 0.383. The Balaban J connectivity index is 2.22. The fraction of sp³-hybridized carbons (Fsp3) is 0.455. The molecule has 1 fully saturated rings. The third kappa shape index (κ3) is 2.21. The Morgan fingerprint density at radius 3 is 2.33 bits per heavy atom. The molecule has 4 heteroatoms. The molecule has 0 bridgehead atoms. The summed E-state index contributed by atoms with van der Waals surface area (Å²) < 4.78 is 29.2. The molecule has 82 valence electrons. The number of hydrogen-bond donors (Lipinski definition) is 0. The fourth-order valence-electron chi connectivity index (χ4n) is 1.60. The third-order valence-electron chi connectivity index (χ3n) is 2.80. The zero-order valence-corrected chi connectivity index (χ0v) is 9.46. The lowest BCUT2D eigenvalue weighted by molar-refractivity contribution is 0.0993. The van der Waals surface area contributed by atoms with Crippen LogP contribution in [0.4, 0.5) is 0 Å². The van der Waals surface area contributed by atoms with Gasteiger partial charge in [-0.15, -0.1) is 0 Å². The quantitative estimate of drug-likeness (QED) is 0.784. The summed E-state index contributed by atoms with van der Waals surface area (Å²) in [6.45, 7) is 0. The van der Waals surface area contributed by atoms with E-state index in [1.54, 1.807) is 31.4 Å². The first-order valence-corrected chi connectivity index (χ1v) is 6.56. The highest BCUT2D eigenvalue weighted by Gasteiger charge is 2.46. The van der Waals surface area contributed by atoms with Crippen LogP contribution in [0.5, 0.6) is 0 Å². The van der Waals surface area contributed by atoms with Gasteiger partial charge in [-0.1, -0.05) is 18.2 Å². The second kappa shape index (κ2) is 3.61. The molecular formula is C11H14O3S. The van der Waals surface area contributed by atoms with E-state index in [4.69, 9.17) is 4.74 Å². The van der Waals surface area contributed by atoms with Gasteiger partial charge in [0.15, 0.2) is 9.84 Å². The van der Waals surface area contributed by atoms with E-state index in [-0.39, 0.29) is 5.75 Å². The van der Waals surface area contributed by atoms with Gasteiger partial charge in [0.2, 0.25) is 0 Å². The lowest BCUT2D eigenvalue weighted by Crippen LogP contribution is -2.24. The molecule has 0 aromatic heterocycles. The number of benzene rings is 1. The van der Waals surface area contributed by atoms with Gasteiger partial charge in [-0.05, 0) is 25.0 Å². The van der Waals surface area contributed by atoms with Gasteiger partial charge in [-0.2, -0.15) is 0 Å². The van der Waals surface area contributed by atoms with Crippen molar-refractivity contribution in [3.05, 3.63) is 30.3 Å². The van der Waals surface area contributed by atoms with Crippen molar-refractivity contribution in [2.45, 2.75) is 23.3 Å². The van der Waals surface area contributed by atoms with Gasteiger partial charge in [0.25, 0.3) is 0 Å². The number of ether oxygens (including phenoxy) is 1. The Kier molecular flexibility index (Phi) is 2.56. The second-order valence-corrected chi connectivity index (χ2v) is 5.95. The van der Waals surface area contributed by atoms with Gasteiger partial charge < -0.3 is 4.74 Å². The minimum Gasteiger partial charge on any atom is -0.377 e. The van der Waals surface area contributed by atoms with Crippen molar-refractivity contribution >= 4 is 9.84 Å². The third-order valence-corrected chi connectivity index (χ3v) is 4.69. The summed E-state index contributed by atoms with van der Waals surface area (Å²) in [6, 6.07) is 8.53. The van der Waals surface area contributed by atoms with Crippen LogP contribution in [0.1, 0.15) is 12.8 Å². The normalized spacial score (nSPS) is 18.7. The molecule has 0 aliphatic heterocycles. The summed E-state index contributed by atoms with van der Waals surface area (Å²) in [5.41, 5.74) is -0.408. The van der Waals surface area contributed by atoms with Gasteiger partial charge >= 0.3 is 0 Å². The maximum atomic E-state index is 12.0. The van der Waals surface area contributed by atoms with Gasteiger partial charge in [0.1, 0.15) is 0 Å².